The minimum Gasteiger partial charge on any atom is -0.508 e. The first-order chi connectivity index (χ1) is 14.1. The van der Waals surface area contributed by atoms with Gasteiger partial charge in [0.1, 0.15) is 18.1 Å². The number of likely N-dealkylation sites (N-methyl/N-ethyl adjacent to an activating group) is 1. The van der Waals surface area contributed by atoms with Crippen LogP contribution in [-0.4, -0.2) is 36.5 Å². The average Bonchev–Trinajstić information content (AvgIpc) is 2.75. The highest BCUT2D eigenvalue weighted by atomic mass is 16.5. The summed E-state index contributed by atoms with van der Waals surface area (Å²) in [7, 11) is 1.91. The van der Waals surface area contributed by atoms with E-state index in [4.69, 9.17) is 4.74 Å². The van der Waals surface area contributed by atoms with Crippen LogP contribution >= 0.6 is 0 Å². The molecule has 0 aliphatic heterocycles. The second kappa shape index (κ2) is 10.5. The fraction of sp³-hybridized carbons (Fsp3) is 0.440. The molecule has 3 N–H and O–H groups in total. The van der Waals surface area contributed by atoms with Crippen LogP contribution in [0.15, 0.2) is 54.1 Å². The summed E-state index contributed by atoms with van der Waals surface area (Å²) in [5.74, 6) is 1.63. The summed E-state index contributed by atoms with van der Waals surface area (Å²) in [5.41, 5.74) is 4.97. The number of aromatic hydroxyl groups is 1. The van der Waals surface area contributed by atoms with Gasteiger partial charge >= 0.3 is 0 Å². The second-order valence-corrected chi connectivity index (χ2v) is 7.78. The maximum Gasteiger partial charge on any atom is 0.119 e. The topological polar surface area (TPSA) is 61.7 Å². The van der Waals surface area contributed by atoms with E-state index in [0.717, 1.165) is 50.0 Å². The molecule has 1 fully saturated rings. The van der Waals surface area contributed by atoms with Gasteiger partial charge in [-0.15, -0.1) is 0 Å². The van der Waals surface area contributed by atoms with Crippen molar-refractivity contribution >= 4 is 5.57 Å². The van der Waals surface area contributed by atoms with Crippen LogP contribution in [0.5, 0.6) is 11.5 Å². The maximum atomic E-state index is 9.94. The Hall–Kier alpha value is -2.30. The minimum absolute atomic E-state index is 0.157. The first-order valence-electron chi connectivity index (χ1n) is 10.7. The minimum atomic E-state index is -0.157. The molecule has 0 saturated heterocycles. The highest BCUT2D eigenvalue weighted by molar-refractivity contribution is 5.82. The van der Waals surface area contributed by atoms with Crippen molar-refractivity contribution in [2.24, 2.45) is 5.92 Å². The number of hydrogen-bond donors (Lipinski definition) is 3. The van der Waals surface area contributed by atoms with Crippen LogP contribution in [-0.2, 0) is 0 Å². The van der Waals surface area contributed by atoms with Gasteiger partial charge in [-0.2, -0.15) is 0 Å². The van der Waals surface area contributed by atoms with Crippen LogP contribution in [0.1, 0.15) is 50.2 Å². The second-order valence-electron chi connectivity index (χ2n) is 7.78. The van der Waals surface area contributed by atoms with E-state index in [1.807, 2.05) is 31.3 Å². The Morgan fingerprint density at radius 2 is 1.55 bits per heavy atom. The van der Waals surface area contributed by atoms with Gasteiger partial charge in [-0.1, -0.05) is 36.8 Å². The van der Waals surface area contributed by atoms with Crippen molar-refractivity contribution in [3.63, 3.8) is 0 Å². The Morgan fingerprint density at radius 3 is 2.10 bits per heavy atom. The van der Waals surface area contributed by atoms with Gasteiger partial charge in [0, 0.05) is 6.54 Å². The number of aliphatic hydroxyl groups excluding tert-OH is 1. The van der Waals surface area contributed by atoms with Crippen LogP contribution in [0.3, 0.4) is 0 Å². The third-order valence-electron chi connectivity index (χ3n) is 5.81. The number of aliphatic hydroxyl groups is 1. The Kier molecular flexibility index (Phi) is 7.73. The fourth-order valence-corrected chi connectivity index (χ4v) is 4.25. The number of phenolic OH excluding ortho intramolecular Hbond substituents is 1. The molecule has 0 amide bonds. The van der Waals surface area contributed by atoms with Gasteiger partial charge in [-0.05, 0) is 86.0 Å². The predicted octanol–water partition coefficient (Wildman–Crippen LogP) is 4.75. The molecular weight excluding hydrogens is 362 g/mol. The number of nitrogens with one attached hydrogen (secondary N) is 1. The molecule has 1 aliphatic rings. The zero-order chi connectivity index (χ0) is 20.6. The molecular formula is C25H33NO3. The number of hydrogen-bond acceptors (Lipinski definition) is 4. The molecule has 0 atom stereocenters. The van der Waals surface area contributed by atoms with E-state index in [0.29, 0.717) is 12.5 Å². The van der Waals surface area contributed by atoms with E-state index >= 15 is 0 Å². The van der Waals surface area contributed by atoms with Crippen molar-refractivity contribution in [1.29, 1.82) is 0 Å². The van der Waals surface area contributed by atoms with Gasteiger partial charge < -0.3 is 20.3 Å². The number of phenols is 1. The van der Waals surface area contributed by atoms with Crippen molar-refractivity contribution in [1.82, 2.24) is 5.32 Å². The zero-order valence-corrected chi connectivity index (χ0v) is 17.5. The SMILES string of the molecule is CC/C(=C(/c1ccc(O)cc1)c1ccc(OCCNC)cc1)C1CCC(O)CC1. The highest BCUT2D eigenvalue weighted by Gasteiger charge is 2.25. The zero-order valence-electron chi connectivity index (χ0n) is 17.5. The third-order valence-corrected chi connectivity index (χ3v) is 5.81. The van der Waals surface area contributed by atoms with E-state index in [1.165, 1.54) is 16.7 Å². The monoisotopic (exact) mass is 395 g/mol. The summed E-state index contributed by atoms with van der Waals surface area (Å²) < 4.78 is 5.78. The van der Waals surface area contributed by atoms with Crippen LogP contribution in [0.2, 0.25) is 0 Å². The third kappa shape index (κ3) is 5.62. The van der Waals surface area contributed by atoms with Gasteiger partial charge in [0.15, 0.2) is 0 Å². The molecule has 0 heterocycles. The van der Waals surface area contributed by atoms with Crippen molar-refractivity contribution in [3.8, 4) is 11.5 Å². The molecule has 156 valence electrons. The number of allylic oxidation sites excluding steroid dienone is 1. The normalized spacial score (nSPS) is 20.2. The molecule has 29 heavy (non-hydrogen) atoms. The quantitative estimate of drug-likeness (QED) is 0.564. The van der Waals surface area contributed by atoms with E-state index in [-0.39, 0.29) is 11.9 Å². The molecule has 0 unspecified atom stereocenters. The molecule has 4 heteroatoms. The molecule has 1 saturated carbocycles. The summed E-state index contributed by atoms with van der Waals surface area (Å²) in [6.45, 7) is 3.67. The maximum absolute atomic E-state index is 9.94. The lowest BCUT2D eigenvalue weighted by molar-refractivity contribution is 0.115. The molecule has 1 aliphatic carbocycles. The standard InChI is InChI=1S/C25H33NO3/c1-3-24(18-4-10-21(27)11-5-18)25(19-6-12-22(28)13-7-19)20-8-14-23(15-9-20)29-17-16-26-2/h6-9,12-15,18,21,26-28H,3-5,10-11,16-17H2,1-2H3/b25-24+. The molecule has 0 spiro atoms. The predicted molar refractivity (Wildman–Crippen MR) is 118 cm³/mol. The molecule has 2 aromatic rings. The Balaban J connectivity index is 1.97. The van der Waals surface area contributed by atoms with Crippen LogP contribution in [0, 0.1) is 5.92 Å². The smallest absolute Gasteiger partial charge is 0.119 e. The Morgan fingerprint density at radius 1 is 0.966 bits per heavy atom. The van der Waals surface area contributed by atoms with Crippen LogP contribution in [0.25, 0.3) is 5.57 Å². The lowest BCUT2D eigenvalue weighted by atomic mass is 9.77. The summed E-state index contributed by atoms with van der Waals surface area (Å²) in [4.78, 5) is 0. The van der Waals surface area contributed by atoms with Crippen molar-refractivity contribution < 1.29 is 14.9 Å². The summed E-state index contributed by atoms with van der Waals surface area (Å²) >= 11 is 0. The Bertz CT molecular complexity index is 788. The number of rotatable bonds is 8. The van der Waals surface area contributed by atoms with Crippen LogP contribution < -0.4 is 10.1 Å². The largest absolute Gasteiger partial charge is 0.508 e. The van der Waals surface area contributed by atoms with E-state index < -0.39 is 0 Å². The van der Waals surface area contributed by atoms with Gasteiger partial charge in [0.25, 0.3) is 0 Å². The summed E-state index contributed by atoms with van der Waals surface area (Å²) in [6, 6.07) is 15.8. The molecule has 3 rings (SSSR count). The lowest BCUT2D eigenvalue weighted by Crippen LogP contribution is -2.20. The molecule has 0 aromatic heterocycles. The lowest BCUT2D eigenvalue weighted by Gasteiger charge is -2.29. The first-order valence-corrected chi connectivity index (χ1v) is 10.7. The van der Waals surface area contributed by atoms with Gasteiger partial charge in [-0.25, -0.2) is 0 Å². The van der Waals surface area contributed by atoms with Gasteiger partial charge in [0.2, 0.25) is 0 Å². The van der Waals surface area contributed by atoms with E-state index in [9.17, 15) is 10.2 Å². The Labute approximate surface area is 174 Å². The molecule has 4 nitrogen and oxygen atoms in total. The molecule has 2 aromatic carbocycles. The molecule has 0 radical (unpaired) electrons. The number of ether oxygens (including phenoxy) is 1. The van der Waals surface area contributed by atoms with Crippen molar-refractivity contribution in [2.45, 2.75) is 45.1 Å². The van der Waals surface area contributed by atoms with E-state index in [1.54, 1.807) is 12.1 Å². The summed E-state index contributed by atoms with van der Waals surface area (Å²) in [6.07, 6.45) is 4.60. The van der Waals surface area contributed by atoms with E-state index in [2.05, 4.69) is 24.4 Å². The first kappa shape index (κ1) is 21.4. The fourth-order valence-electron chi connectivity index (χ4n) is 4.25. The number of benzene rings is 2. The van der Waals surface area contributed by atoms with Gasteiger partial charge in [0.05, 0.1) is 6.10 Å². The highest BCUT2D eigenvalue weighted by Crippen LogP contribution is 2.39. The molecule has 0 bridgehead atoms. The summed E-state index contributed by atoms with van der Waals surface area (Å²) in [5, 5.41) is 22.8. The average molecular weight is 396 g/mol. The van der Waals surface area contributed by atoms with Crippen molar-refractivity contribution in [2.75, 3.05) is 20.2 Å². The van der Waals surface area contributed by atoms with Crippen molar-refractivity contribution in [3.05, 3.63) is 65.2 Å². The van der Waals surface area contributed by atoms with Crippen LogP contribution in [0.4, 0.5) is 0 Å². The van der Waals surface area contributed by atoms with Gasteiger partial charge in [-0.3, -0.25) is 0 Å².